The van der Waals surface area contributed by atoms with E-state index >= 15 is 0 Å². The van der Waals surface area contributed by atoms with E-state index in [1.54, 1.807) is 7.05 Å². The molecule has 0 spiro atoms. The second-order valence-electron chi connectivity index (χ2n) is 5.24. The fourth-order valence-corrected chi connectivity index (χ4v) is 2.63. The van der Waals surface area contributed by atoms with Gasteiger partial charge in [0.05, 0.1) is 0 Å². The topological polar surface area (TPSA) is 49.4 Å². The van der Waals surface area contributed by atoms with Gasteiger partial charge in [-0.1, -0.05) is 12.1 Å². The summed E-state index contributed by atoms with van der Waals surface area (Å²) in [6.45, 7) is 2.24. The van der Waals surface area contributed by atoms with Crippen molar-refractivity contribution >= 4 is 17.9 Å². The fraction of sp³-hybridized carbons (Fsp3) is 0.500. The molecular formula is C16H22N2O2. The molecule has 0 saturated carbocycles. The van der Waals surface area contributed by atoms with Gasteiger partial charge in [-0.15, -0.1) is 0 Å². The summed E-state index contributed by atoms with van der Waals surface area (Å²) in [6.07, 6.45) is 4.39. The highest BCUT2D eigenvalue weighted by Crippen LogP contribution is 2.24. The molecular weight excluding hydrogens is 252 g/mol. The number of benzene rings is 1. The Morgan fingerprint density at radius 1 is 1.30 bits per heavy atom. The first-order valence-electron chi connectivity index (χ1n) is 7.25. The first-order chi connectivity index (χ1) is 9.74. The molecule has 1 unspecified atom stereocenters. The van der Waals surface area contributed by atoms with Gasteiger partial charge in [0.25, 0.3) is 0 Å². The smallest absolute Gasteiger partial charge is 0.219 e. The van der Waals surface area contributed by atoms with E-state index in [1.807, 2.05) is 12.1 Å². The lowest BCUT2D eigenvalue weighted by molar-refractivity contribution is -0.120. The van der Waals surface area contributed by atoms with Gasteiger partial charge in [-0.3, -0.25) is 4.79 Å². The van der Waals surface area contributed by atoms with Gasteiger partial charge < -0.3 is 15.0 Å². The first kappa shape index (κ1) is 14.6. The molecule has 0 aliphatic carbocycles. The molecule has 108 valence electrons. The van der Waals surface area contributed by atoms with Gasteiger partial charge in [-0.2, -0.15) is 0 Å². The van der Waals surface area contributed by atoms with E-state index in [0.717, 1.165) is 24.9 Å². The van der Waals surface area contributed by atoms with Crippen molar-refractivity contribution in [3.8, 4) is 0 Å². The molecule has 0 radical (unpaired) electrons. The summed E-state index contributed by atoms with van der Waals surface area (Å²) >= 11 is 0. The standard InChI is InChI=1S/C16H22N2O2/c1-17-16(20)9-6-14(12-19)13-4-7-15(8-5-13)18-10-2-3-11-18/h4-5,7-8,12,14H,2-3,6,9-11H2,1H3,(H,17,20). The Kier molecular flexibility index (Phi) is 5.16. The maximum absolute atomic E-state index is 11.3. The number of carbonyl (C=O) groups excluding carboxylic acids is 2. The summed E-state index contributed by atoms with van der Waals surface area (Å²) in [7, 11) is 1.61. The van der Waals surface area contributed by atoms with Crippen molar-refractivity contribution in [3.05, 3.63) is 29.8 Å². The van der Waals surface area contributed by atoms with Crippen molar-refractivity contribution in [1.29, 1.82) is 0 Å². The van der Waals surface area contributed by atoms with Gasteiger partial charge in [0.2, 0.25) is 5.91 Å². The Morgan fingerprint density at radius 2 is 1.95 bits per heavy atom. The van der Waals surface area contributed by atoms with Gasteiger partial charge in [-0.05, 0) is 37.0 Å². The third kappa shape index (κ3) is 3.59. The van der Waals surface area contributed by atoms with E-state index in [0.29, 0.717) is 12.8 Å². The van der Waals surface area contributed by atoms with E-state index in [9.17, 15) is 9.59 Å². The summed E-state index contributed by atoms with van der Waals surface area (Å²) < 4.78 is 0. The number of rotatable bonds is 6. The number of anilines is 1. The molecule has 1 atom stereocenters. The number of aldehydes is 1. The van der Waals surface area contributed by atoms with E-state index < -0.39 is 0 Å². The third-order valence-corrected chi connectivity index (χ3v) is 3.92. The number of nitrogens with zero attached hydrogens (tertiary/aromatic N) is 1. The van der Waals surface area contributed by atoms with Crippen LogP contribution in [0.4, 0.5) is 5.69 Å². The molecule has 1 aromatic carbocycles. The molecule has 2 rings (SSSR count). The Hall–Kier alpha value is -1.84. The zero-order valence-corrected chi connectivity index (χ0v) is 12.0. The Bertz CT molecular complexity index is 450. The molecule has 1 amide bonds. The largest absolute Gasteiger partial charge is 0.372 e. The minimum atomic E-state index is -0.195. The van der Waals surface area contributed by atoms with Crippen LogP contribution in [0.1, 0.15) is 37.2 Å². The van der Waals surface area contributed by atoms with E-state index in [1.165, 1.54) is 18.5 Å². The number of nitrogens with one attached hydrogen (secondary N) is 1. The Morgan fingerprint density at radius 3 is 2.50 bits per heavy atom. The molecule has 0 bridgehead atoms. The summed E-state index contributed by atoms with van der Waals surface area (Å²) in [5.41, 5.74) is 2.22. The quantitative estimate of drug-likeness (QED) is 0.808. The van der Waals surface area contributed by atoms with Crippen LogP contribution in [0, 0.1) is 0 Å². The second-order valence-corrected chi connectivity index (χ2v) is 5.24. The van der Waals surface area contributed by atoms with Crippen LogP contribution in [-0.2, 0) is 9.59 Å². The summed E-state index contributed by atoms with van der Waals surface area (Å²) in [5, 5.41) is 2.58. The molecule has 0 aromatic heterocycles. The average molecular weight is 274 g/mol. The maximum atomic E-state index is 11.3. The van der Waals surface area contributed by atoms with Crippen LogP contribution in [0.2, 0.25) is 0 Å². The molecule has 4 heteroatoms. The number of amides is 1. The van der Waals surface area contributed by atoms with E-state index in [4.69, 9.17) is 0 Å². The number of hydrogen-bond donors (Lipinski definition) is 1. The lowest BCUT2D eigenvalue weighted by atomic mass is 9.95. The molecule has 1 aliphatic rings. The minimum absolute atomic E-state index is 0.0227. The van der Waals surface area contributed by atoms with Crippen molar-refractivity contribution in [2.45, 2.75) is 31.6 Å². The highest BCUT2D eigenvalue weighted by molar-refractivity contribution is 5.76. The number of hydrogen-bond acceptors (Lipinski definition) is 3. The lowest BCUT2D eigenvalue weighted by Crippen LogP contribution is -2.19. The Balaban J connectivity index is 1.99. The van der Waals surface area contributed by atoms with Crippen molar-refractivity contribution in [3.63, 3.8) is 0 Å². The first-order valence-corrected chi connectivity index (χ1v) is 7.25. The van der Waals surface area contributed by atoms with Crippen LogP contribution in [0.5, 0.6) is 0 Å². The van der Waals surface area contributed by atoms with Crippen molar-refractivity contribution in [1.82, 2.24) is 5.32 Å². The van der Waals surface area contributed by atoms with Gasteiger partial charge in [-0.25, -0.2) is 0 Å². The number of carbonyl (C=O) groups is 2. The van der Waals surface area contributed by atoms with E-state index in [-0.39, 0.29) is 11.8 Å². The van der Waals surface area contributed by atoms with Crippen LogP contribution in [0.15, 0.2) is 24.3 Å². The van der Waals surface area contributed by atoms with Crippen molar-refractivity contribution in [2.75, 3.05) is 25.0 Å². The molecule has 1 aliphatic heterocycles. The normalized spacial score (nSPS) is 15.9. The zero-order chi connectivity index (χ0) is 14.4. The minimum Gasteiger partial charge on any atom is -0.372 e. The monoisotopic (exact) mass is 274 g/mol. The molecule has 1 fully saturated rings. The van der Waals surface area contributed by atoms with Crippen molar-refractivity contribution < 1.29 is 9.59 Å². The summed E-state index contributed by atoms with van der Waals surface area (Å²) in [4.78, 5) is 24.8. The van der Waals surface area contributed by atoms with Crippen molar-refractivity contribution in [2.24, 2.45) is 0 Å². The summed E-state index contributed by atoms with van der Waals surface area (Å²) in [5.74, 6) is -0.217. The van der Waals surface area contributed by atoms with Crippen LogP contribution >= 0.6 is 0 Å². The average Bonchev–Trinajstić information content (AvgIpc) is 3.02. The SMILES string of the molecule is CNC(=O)CCC(C=O)c1ccc(N2CCCC2)cc1. The van der Waals surface area contributed by atoms with Crippen LogP contribution in [0.3, 0.4) is 0 Å². The van der Waals surface area contributed by atoms with Gasteiger partial charge in [0.15, 0.2) is 0 Å². The van der Waals surface area contributed by atoms with Gasteiger partial charge >= 0.3 is 0 Å². The highest BCUT2D eigenvalue weighted by Gasteiger charge is 2.15. The Labute approximate surface area is 120 Å². The molecule has 1 aromatic rings. The van der Waals surface area contributed by atoms with Crippen LogP contribution < -0.4 is 10.2 Å². The predicted octanol–water partition coefficient (Wildman–Crippen LogP) is 2.10. The highest BCUT2D eigenvalue weighted by atomic mass is 16.1. The van der Waals surface area contributed by atoms with Gasteiger partial charge in [0.1, 0.15) is 6.29 Å². The third-order valence-electron chi connectivity index (χ3n) is 3.92. The summed E-state index contributed by atoms with van der Waals surface area (Å²) in [6, 6.07) is 8.18. The predicted molar refractivity (Wildman–Crippen MR) is 80.0 cm³/mol. The van der Waals surface area contributed by atoms with Crippen LogP contribution in [-0.4, -0.2) is 32.3 Å². The molecule has 1 N–H and O–H groups in total. The molecule has 1 saturated heterocycles. The van der Waals surface area contributed by atoms with E-state index in [2.05, 4.69) is 22.3 Å². The van der Waals surface area contributed by atoms with Crippen LogP contribution in [0.25, 0.3) is 0 Å². The van der Waals surface area contributed by atoms with Gasteiger partial charge in [0, 0.05) is 38.2 Å². The lowest BCUT2D eigenvalue weighted by Gasteiger charge is -2.18. The second kappa shape index (κ2) is 7.08. The maximum Gasteiger partial charge on any atom is 0.219 e. The fourth-order valence-electron chi connectivity index (χ4n) is 2.63. The molecule has 1 heterocycles. The molecule has 20 heavy (non-hydrogen) atoms. The molecule has 4 nitrogen and oxygen atoms in total. The zero-order valence-electron chi connectivity index (χ0n) is 12.0.